The average molecular weight is 470 g/mol. The number of alkyl halides is 3. The molecule has 0 unspecified atom stereocenters. The van der Waals surface area contributed by atoms with Gasteiger partial charge >= 0.3 is 6.18 Å². The molecule has 164 valence electrons. The number of piperidine rings is 1. The third-order valence-corrected chi connectivity index (χ3v) is 7.05. The number of rotatable bonds is 4. The molecule has 31 heavy (non-hydrogen) atoms. The van der Waals surface area contributed by atoms with Crippen molar-refractivity contribution in [1.29, 1.82) is 0 Å². The van der Waals surface area contributed by atoms with E-state index in [1.165, 1.54) is 17.3 Å². The lowest BCUT2D eigenvalue weighted by molar-refractivity contribution is -0.137. The number of nitrogens with zero attached hydrogens (tertiary/aromatic N) is 3. The summed E-state index contributed by atoms with van der Waals surface area (Å²) in [5.74, 6) is -0.519. The van der Waals surface area contributed by atoms with Gasteiger partial charge in [-0.2, -0.15) is 26.0 Å². The minimum atomic E-state index is -4.71. The van der Waals surface area contributed by atoms with E-state index in [0.717, 1.165) is 42.9 Å². The molecule has 2 aromatic heterocycles. The molecule has 1 aliphatic rings. The van der Waals surface area contributed by atoms with Crippen molar-refractivity contribution >= 4 is 43.2 Å². The third kappa shape index (κ3) is 4.35. The summed E-state index contributed by atoms with van der Waals surface area (Å²) < 4.78 is 72.6. The van der Waals surface area contributed by atoms with Crippen LogP contribution in [0.25, 0.3) is 10.1 Å². The number of carbonyl (C=O) groups is 1. The summed E-state index contributed by atoms with van der Waals surface area (Å²) in [4.78, 5) is 18.4. The number of pyridine rings is 1. The number of likely N-dealkylation sites (tertiary alicyclic amines) is 1. The topological polar surface area (TPSA) is 92.3 Å². The van der Waals surface area contributed by atoms with Crippen LogP contribution in [0.4, 0.5) is 18.9 Å². The number of benzene rings is 1. The van der Waals surface area contributed by atoms with E-state index in [0.29, 0.717) is 23.9 Å². The van der Waals surface area contributed by atoms with Gasteiger partial charge in [0.05, 0.1) is 33.1 Å². The van der Waals surface area contributed by atoms with Gasteiger partial charge in [-0.25, -0.2) is 4.98 Å². The number of fused-ring (bicyclic) bond motifs is 1. The van der Waals surface area contributed by atoms with Crippen LogP contribution in [0.15, 0.2) is 41.7 Å². The summed E-state index contributed by atoms with van der Waals surface area (Å²) >= 11 is 1.06. The number of hydrogen-bond donors (Lipinski definition) is 1. The van der Waals surface area contributed by atoms with E-state index in [9.17, 15) is 26.4 Å². The lowest BCUT2D eigenvalue weighted by atomic mass is 10.1. The Bertz CT molecular complexity index is 1240. The van der Waals surface area contributed by atoms with Gasteiger partial charge in [0, 0.05) is 19.3 Å². The molecule has 1 aliphatic heterocycles. The fourth-order valence-corrected chi connectivity index (χ4v) is 5.35. The molecule has 1 N–H and O–H groups in total. The van der Waals surface area contributed by atoms with Crippen LogP contribution in [0.3, 0.4) is 0 Å². The van der Waals surface area contributed by atoms with Crippen LogP contribution >= 0.6 is 11.5 Å². The molecule has 0 saturated carbocycles. The van der Waals surface area contributed by atoms with E-state index in [4.69, 9.17) is 0 Å². The molecule has 12 heteroatoms. The van der Waals surface area contributed by atoms with Gasteiger partial charge in [0.25, 0.3) is 15.9 Å². The molecule has 3 heterocycles. The lowest BCUT2D eigenvalue weighted by Gasteiger charge is -2.27. The summed E-state index contributed by atoms with van der Waals surface area (Å²) in [6.07, 6.45) is 0.423. The van der Waals surface area contributed by atoms with E-state index >= 15 is 0 Å². The van der Waals surface area contributed by atoms with E-state index in [-0.39, 0.29) is 16.0 Å². The predicted molar refractivity (Wildman–Crippen MR) is 109 cm³/mol. The third-order valence-electron chi connectivity index (χ3n) is 4.97. The van der Waals surface area contributed by atoms with E-state index in [2.05, 4.69) is 14.1 Å². The smallest absolute Gasteiger partial charge is 0.339 e. The lowest BCUT2D eigenvalue weighted by Crippen LogP contribution is -2.36. The maximum Gasteiger partial charge on any atom is 0.416 e. The van der Waals surface area contributed by atoms with Crippen LogP contribution < -0.4 is 4.72 Å². The highest BCUT2D eigenvalue weighted by atomic mass is 32.2. The number of aromatic nitrogens is 2. The Morgan fingerprint density at radius 3 is 2.58 bits per heavy atom. The maximum absolute atomic E-state index is 13.3. The minimum absolute atomic E-state index is 0.144. The summed E-state index contributed by atoms with van der Waals surface area (Å²) in [7, 11) is -4.39. The van der Waals surface area contributed by atoms with Crippen LogP contribution in [0.2, 0.25) is 0 Å². The first-order valence-corrected chi connectivity index (χ1v) is 11.7. The molecular formula is C19H17F3N4O3S2. The Kier molecular flexibility index (Phi) is 5.60. The van der Waals surface area contributed by atoms with Crippen molar-refractivity contribution in [1.82, 2.24) is 14.3 Å². The Balaban J connectivity index is 1.78. The monoisotopic (exact) mass is 470 g/mol. The summed E-state index contributed by atoms with van der Waals surface area (Å²) in [6, 6.07) is 4.01. The van der Waals surface area contributed by atoms with Crippen LogP contribution in [-0.4, -0.2) is 41.7 Å². The number of amides is 1. The Morgan fingerprint density at radius 2 is 1.87 bits per heavy atom. The van der Waals surface area contributed by atoms with Crippen molar-refractivity contribution in [2.45, 2.75) is 30.5 Å². The van der Waals surface area contributed by atoms with E-state index in [1.807, 2.05) is 0 Å². The fraction of sp³-hybridized carbons (Fsp3) is 0.316. The minimum Gasteiger partial charge on any atom is -0.339 e. The van der Waals surface area contributed by atoms with Crippen molar-refractivity contribution in [3.63, 3.8) is 0 Å². The highest BCUT2D eigenvalue weighted by molar-refractivity contribution is 7.92. The first-order valence-electron chi connectivity index (χ1n) is 9.39. The molecular weight excluding hydrogens is 453 g/mol. The van der Waals surface area contributed by atoms with Gasteiger partial charge in [-0.15, -0.1) is 0 Å². The van der Waals surface area contributed by atoms with Gasteiger partial charge in [0.1, 0.15) is 0 Å². The first-order chi connectivity index (χ1) is 14.7. The molecule has 0 spiro atoms. The molecule has 1 aromatic carbocycles. The van der Waals surface area contributed by atoms with Crippen LogP contribution in [0.1, 0.15) is 35.2 Å². The number of carbonyl (C=O) groups excluding carboxylic acids is 1. The summed E-state index contributed by atoms with van der Waals surface area (Å²) in [6.45, 7) is 0.932. The fourth-order valence-electron chi connectivity index (χ4n) is 3.44. The molecule has 3 aromatic rings. The first kappa shape index (κ1) is 21.5. The van der Waals surface area contributed by atoms with Crippen molar-refractivity contribution in [3.8, 4) is 0 Å². The zero-order chi connectivity index (χ0) is 22.2. The largest absolute Gasteiger partial charge is 0.416 e. The maximum atomic E-state index is 13.3. The molecule has 0 aliphatic carbocycles. The van der Waals surface area contributed by atoms with E-state index in [1.54, 1.807) is 6.07 Å². The molecule has 1 saturated heterocycles. The van der Waals surface area contributed by atoms with Crippen LogP contribution in [0, 0.1) is 0 Å². The van der Waals surface area contributed by atoms with Crippen LogP contribution in [-0.2, 0) is 16.2 Å². The van der Waals surface area contributed by atoms with E-state index < -0.39 is 33.4 Å². The molecule has 7 nitrogen and oxygen atoms in total. The van der Waals surface area contributed by atoms with Crippen molar-refractivity contribution < 1.29 is 26.4 Å². The van der Waals surface area contributed by atoms with Gasteiger partial charge in [-0.1, -0.05) is 0 Å². The molecule has 0 atom stereocenters. The van der Waals surface area contributed by atoms with Crippen molar-refractivity contribution in [3.05, 3.63) is 47.8 Å². The standard InChI is InChI=1S/C19H17F3N4O3S2/c20-19(21,22)12-4-5-13(18(27)26-8-2-1-3-9-26)15(10-12)25-31(28,29)17-14-11-24-30-16(14)6-7-23-17/h4-7,10-11,25H,1-3,8-9H2. The number of halogens is 3. The van der Waals surface area contributed by atoms with Gasteiger partial charge in [0.15, 0.2) is 5.03 Å². The number of sulfonamides is 1. The zero-order valence-electron chi connectivity index (χ0n) is 16.0. The number of anilines is 1. The molecule has 4 rings (SSSR count). The SMILES string of the molecule is O=C(c1ccc(C(F)(F)F)cc1NS(=O)(=O)c1nccc2sncc12)N1CCCCC1. The highest BCUT2D eigenvalue weighted by Gasteiger charge is 2.33. The average Bonchev–Trinajstić information content (AvgIpc) is 3.21. The van der Waals surface area contributed by atoms with Gasteiger partial charge in [-0.05, 0) is 55.1 Å². The van der Waals surface area contributed by atoms with Crippen molar-refractivity contribution in [2.24, 2.45) is 0 Å². The molecule has 1 fully saturated rings. The predicted octanol–water partition coefficient (Wildman–Crippen LogP) is 4.14. The molecule has 1 amide bonds. The second-order valence-corrected chi connectivity index (χ2v) is 9.50. The summed E-state index contributed by atoms with van der Waals surface area (Å²) in [5.41, 5.74) is -1.65. The van der Waals surface area contributed by atoms with Gasteiger partial charge in [0.2, 0.25) is 0 Å². The quantitative estimate of drug-likeness (QED) is 0.619. The van der Waals surface area contributed by atoms with Gasteiger partial charge in [-0.3, -0.25) is 9.52 Å². The van der Waals surface area contributed by atoms with Crippen molar-refractivity contribution in [2.75, 3.05) is 17.8 Å². The molecule has 0 radical (unpaired) electrons. The summed E-state index contributed by atoms with van der Waals surface area (Å²) in [5, 5.41) is -0.122. The second-order valence-electron chi connectivity index (χ2n) is 7.07. The second kappa shape index (κ2) is 8.08. The Morgan fingerprint density at radius 1 is 1.13 bits per heavy atom. The Labute approximate surface area is 180 Å². The van der Waals surface area contributed by atoms with Crippen LogP contribution in [0.5, 0.6) is 0 Å². The zero-order valence-corrected chi connectivity index (χ0v) is 17.6. The normalized spacial score (nSPS) is 15.3. The number of hydrogen-bond acceptors (Lipinski definition) is 6. The highest BCUT2D eigenvalue weighted by Crippen LogP contribution is 2.34. The van der Waals surface area contributed by atoms with Gasteiger partial charge < -0.3 is 4.90 Å². The molecule has 0 bridgehead atoms. The number of nitrogens with one attached hydrogen (secondary N) is 1. The Hall–Kier alpha value is -2.73.